The van der Waals surface area contributed by atoms with Crippen molar-refractivity contribution >= 4 is 57.2 Å². The van der Waals surface area contributed by atoms with E-state index in [-0.39, 0.29) is 5.91 Å². The number of methoxy groups -OCH3 is 1. The third-order valence-electron chi connectivity index (χ3n) is 4.22. The molecule has 9 nitrogen and oxygen atoms in total. The van der Waals surface area contributed by atoms with E-state index in [1.807, 2.05) is 18.2 Å². The molecule has 0 saturated carbocycles. The predicted octanol–water partition coefficient (Wildman–Crippen LogP) is 4.46. The number of halogens is 1. The molecule has 0 fully saturated rings. The Bertz CT molecular complexity index is 1220. The summed E-state index contributed by atoms with van der Waals surface area (Å²) in [4.78, 5) is 19.9. The number of rotatable bonds is 6. The topological polar surface area (TPSA) is 117 Å². The summed E-state index contributed by atoms with van der Waals surface area (Å²) in [6.07, 6.45) is 1.44. The first-order valence-electron chi connectivity index (χ1n) is 8.98. The van der Waals surface area contributed by atoms with Crippen LogP contribution >= 0.6 is 11.6 Å². The SMILES string of the molecule is COc1cc(Nc2[nH]nc3ncnc(Nc4cccc(Cl)c4)c23)ccc1NC(C)=O. The zero-order chi connectivity index (χ0) is 21.1. The van der Waals surface area contributed by atoms with Crippen LogP contribution in [-0.2, 0) is 4.79 Å². The number of amides is 1. The number of carbonyl (C=O) groups excluding carboxylic acids is 1. The molecular formula is C20H18ClN7O2. The van der Waals surface area contributed by atoms with Crippen LogP contribution in [0.3, 0.4) is 0 Å². The summed E-state index contributed by atoms with van der Waals surface area (Å²) in [6, 6.07) is 12.7. The lowest BCUT2D eigenvalue weighted by molar-refractivity contribution is -0.114. The zero-order valence-corrected chi connectivity index (χ0v) is 16.9. The van der Waals surface area contributed by atoms with Crippen molar-refractivity contribution in [3.05, 3.63) is 53.8 Å². The van der Waals surface area contributed by atoms with Gasteiger partial charge < -0.3 is 20.7 Å². The van der Waals surface area contributed by atoms with Gasteiger partial charge in [0.15, 0.2) is 5.65 Å². The Kier molecular flexibility index (Phi) is 5.36. The fraction of sp³-hybridized carbons (Fsp3) is 0.100. The van der Waals surface area contributed by atoms with E-state index in [2.05, 4.69) is 36.1 Å². The Morgan fingerprint density at radius 1 is 1.10 bits per heavy atom. The molecule has 0 aliphatic rings. The molecule has 2 aromatic carbocycles. The van der Waals surface area contributed by atoms with Crippen molar-refractivity contribution in [3.63, 3.8) is 0 Å². The number of nitrogens with zero attached hydrogens (tertiary/aromatic N) is 3. The number of aromatic nitrogens is 4. The first-order valence-corrected chi connectivity index (χ1v) is 9.35. The van der Waals surface area contributed by atoms with Crippen LogP contribution in [0.4, 0.5) is 28.7 Å². The highest BCUT2D eigenvalue weighted by Crippen LogP contribution is 2.33. The van der Waals surface area contributed by atoms with Crippen LogP contribution in [0.15, 0.2) is 48.8 Å². The molecule has 0 radical (unpaired) electrons. The highest BCUT2D eigenvalue weighted by atomic mass is 35.5. The molecular weight excluding hydrogens is 406 g/mol. The quantitative estimate of drug-likeness (QED) is 0.361. The van der Waals surface area contributed by atoms with Gasteiger partial charge in [-0.25, -0.2) is 9.97 Å². The van der Waals surface area contributed by atoms with Gasteiger partial charge in [0.05, 0.1) is 12.8 Å². The number of carbonyl (C=O) groups is 1. The van der Waals surface area contributed by atoms with E-state index in [1.54, 1.807) is 24.3 Å². The molecule has 4 rings (SSSR count). The molecule has 2 heterocycles. The second-order valence-corrected chi connectivity index (χ2v) is 6.81. The summed E-state index contributed by atoms with van der Waals surface area (Å²) in [5.41, 5.74) is 2.59. The third-order valence-corrected chi connectivity index (χ3v) is 4.45. The summed E-state index contributed by atoms with van der Waals surface area (Å²) in [7, 11) is 1.54. The van der Waals surface area contributed by atoms with Gasteiger partial charge in [0.25, 0.3) is 0 Å². The van der Waals surface area contributed by atoms with Crippen molar-refractivity contribution in [2.24, 2.45) is 0 Å². The normalized spacial score (nSPS) is 10.6. The molecule has 0 aliphatic heterocycles. The van der Waals surface area contributed by atoms with Crippen molar-refractivity contribution in [2.45, 2.75) is 6.92 Å². The minimum atomic E-state index is -0.178. The van der Waals surface area contributed by atoms with Gasteiger partial charge in [-0.2, -0.15) is 5.10 Å². The summed E-state index contributed by atoms with van der Waals surface area (Å²) < 4.78 is 5.38. The molecule has 30 heavy (non-hydrogen) atoms. The van der Waals surface area contributed by atoms with Gasteiger partial charge in [0.1, 0.15) is 29.1 Å². The number of hydrogen-bond acceptors (Lipinski definition) is 7. The number of H-pyrrole nitrogens is 1. The van der Waals surface area contributed by atoms with E-state index in [0.717, 1.165) is 11.4 Å². The summed E-state index contributed by atoms with van der Waals surface area (Å²) in [5.74, 6) is 1.51. The maximum atomic E-state index is 11.4. The summed E-state index contributed by atoms with van der Waals surface area (Å²) >= 11 is 6.08. The first kappa shape index (κ1) is 19.5. The number of hydrogen-bond donors (Lipinski definition) is 4. The number of ether oxygens (including phenoxy) is 1. The smallest absolute Gasteiger partial charge is 0.221 e. The second-order valence-electron chi connectivity index (χ2n) is 6.38. The van der Waals surface area contributed by atoms with E-state index in [4.69, 9.17) is 16.3 Å². The van der Waals surface area contributed by atoms with E-state index >= 15 is 0 Å². The van der Waals surface area contributed by atoms with Gasteiger partial charge in [-0.1, -0.05) is 17.7 Å². The number of aromatic amines is 1. The molecule has 152 valence electrons. The van der Waals surface area contributed by atoms with E-state index < -0.39 is 0 Å². The van der Waals surface area contributed by atoms with Gasteiger partial charge in [-0.3, -0.25) is 9.89 Å². The van der Waals surface area contributed by atoms with Crippen LogP contribution in [0.25, 0.3) is 11.0 Å². The highest BCUT2D eigenvalue weighted by Gasteiger charge is 2.14. The van der Waals surface area contributed by atoms with Crippen LogP contribution in [0, 0.1) is 0 Å². The lowest BCUT2D eigenvalue weighted by Gasteiger charge is -2.12. The van der Waals surface area contributed by atoms with E-state index in [9.17, 15) is 4.79 Å². The predicted molar refractivity (Wildman–Crippen MR) is 117 cm³/mol. The highest BCUT2D eigenvalue weighted by molar-refractivity contribution is 6.30. The molecule has 0 atom stereocenters. The summed E-state index contributed by atoms with van der Waals surface area (Å²) in [5, 5.41) is 17.7. The van der Waals surface area contributed by atoms with Gasteiger partial charge in [-0.15, -0.1) is 0 Å². The van der Waals surface area contributed by atoms with Gasteiger partial charge in [0, 0.05) is 29.4 Å². The molecule has 0 spiro atoms. The number of anilines is 5. The fourth-order valence-electron chi connectivity index (χ4n) is 2.95. The minimum Gasteiger partial charge on any atom is -0.494 e. The van der Waals surface area contributed by atoms with Crippen LogP contribution in [0.1, 0.15) is 6.92 Å². The van der Waals surface area contributed by atoms with E-state index in [1.165, 1.54) is 20.4 Å². The van der Waals surface area contributed by atoms with Crippen LogP contribution in [-0.4, -0.2) is 33.2 Å². The van der Waals surface area contributed by atoms with E-state index in [0.29, 0.717) is 39.1 Å². The van der Waals surface area contributed by atoms with Crippen molar-refractivity contribution in [2.75, 3.05) is 23.1 Å². The van der Waals surface area contributed by atoms with Crippen molar-refractivity contribution in [3.8, 4) is 5.75 Å². The Morgan fingerprint density at radius 2 is 1.93 bits per heavy atom. The summed E-state index contributed by atoms with van der Waals surface area (Å²) in [6.45, 7) is 1.44. The maximum absolute atomic E-state index is 11.4. The number of nitrogens with one attached hydrogen (secondary N) is 4. The molecule has 4 aromatic rings. The Labute approximate surface area is 176 Å². The average molecular weight is 424 g/mol. The molecule has 2 aromatic heterocycles. The lowest BCUT2D eigenvalue weighted by atomic mass is 10.2. The second kappa shape index (κ2) is 8.26. The molecule has 0 unspecified atom stereocenters. The van der Waals surface area contributed by atoms with Crippen LogP contribution in [0.2, 0.25) is 5.02 Å². The first-order chi connectivity index (χ1) is 14.5. The molecule has 1 amide bonds. The number of benzene rings is 2. The van der Waals surface area contributed by atoms with Crippen molar-refractivity contribution in [1.82, 2.24) is 20.2 Å². The largest absolute Gasteiger partial charge is 0.494 e. The number of fused-ring (bicyclic) bond motifs is 1. The molecule has 0 aliphatic carbocycles. The zero-order valence-electron chi connectivity index (χ0n) is 16.2. The molecule has 0 saturated heterocycles. The molecule has 4 N–H and O–H groups in total. The van der Waals surface area contributed by atoms with Crippen LogP contribution < -0.4 is 20.7 Å². The van der Waals surface area contributed by atoms with Crippen molar-refractivity contribution in [1.29, 1.82) is 0 Å². The van der Waals surface area contributed by atoms with Gasteiger partial charge >= 0.3 is 0 Å². The van der Waals surface area contributed by atoms with Gasteiger partial charge in [0.2, 0.25) is 5.91 Å². The van der Waals surface area contributed by atoms with Gasteiger partial charge in [-0.05, 0) is 30.3 Å². The maximum Gasteiger partial charge on any atom is 0.221 e. The Hall–Kier alpha value is -3.85. The fourth-order valence-corrected chi connectivity index (χ4v) is 3.14. The third kappa shape index (κ3) is 4.11. The lowest BCUT2D eigenvalue weighted by Crippen LogP contribution is -2.07. The molecule has 10 heteroatoms. The minimum absolute atomic E-state index is 0.178. The monoisotopic (exact) mass is 423 g/mol. The Morgan fingerprint density at radius 3 is 2.70 bits per heavy atom. The van der Waals surface area contributed by atoms with Crippen molar-refractivity contribution < 1.29 is 9.53 Å². The standard InChI is InChI=1S/C20H18ClN7O2/c1-11(29)24-15-7-6-14(9-16(15)30-2)26-20-17-18(22-10-23-19(17)27-28-20)25-13-5-3-4-12(21)8-13/h3-10H,1-2H3,(H,24,29)(H3,22,23,25,26,27,28). The Balaban J connectivity index is 1.67. The average Bonchev–Trinajstić information content (AvgIpc) is 3.12. The van der Waals surface area contributed by atoms with Crippen LogP contribution in [0.5, 0.6) is 5.75 Å². The molecule has 0 bridgehead atoms.